The summed E-state index contributed by atoms with van der Waals surface area (Å²) in [7, 11) is 0. The molecule has 0 aliphatic heterocycles. The van der Waals surface area contributed by atoms with Crippen molar-refractivity contribution in [3.05, 3.63) is 24.8 Å². The zero-order chi connectivity index (χ0) is 16.6. The van der Waals surface area contributed by atoms with Crippen LogP contribution in [0.15, 0.2) is 24.8 Å². The van der Waals surface area contributed by atoms with Gasteiger partial charge in [-0.25, -0.2) is 4.79 Å². The van der Waals surface area contributed by atoms with Gasteiger partial charge in [0, 0.05) is 18.8 Å². The van der Waals surface area contributed by atoms with Crippen molar-refractivity contribution in [2.24, 2.45) is 0 Å². The summed E-state index contributed by atoms with van der Waals surface area (Å²) in [4.78, 5) is 10.2. The second kappa shape index (κ2) is 13.9. The van der Waals surface area contributed by atoms with Crippen LogP contribution >= 0.6 is 0 Å². The van der Waals surface area contributed by atoms with Crippen LogP contribution in [0, 0.1) is 23.7 Å². The third-order valence-corrected chi connectivity index (χ3v) is 2.76. The van der Waals surface area contributed by atoms with E-state index >= 15 is 0 Å². The average molecular weight is 304 g/mol. The van der Waals surface area contributed by atoms with Crippen molar-refractivity contribution < 1.29 is 20.1 Å². The largest absolute Gasteiger partial charge is 0.472 e. The minimum Gasteiger partial charge on any atom is -0.472 e. The number of aliphatic carboxylic acids is 1. The number of rotatable bonds is 9. The van der Waals surface area contributed by atoms with E-state index in [2.05, 4.69) is 30.3 Å². The number of aliphatic hydroxyl groups is 2. The molecule has 2 atom stereocenters. The molecule has 1 unspecified atom stereocenters. The molecule has 0 rings (SSSR count). The molecule has 0 aromatic heterocycles. The summed E-state index contributed by atoms with van der Waals surface area (Å²) in [6.45, 7) is 3.43. The van der Waals surface area contributed by atoms with Gasteiger partial charge in [0.1, 0.15) is 6.10 Å². The van der Waals surface area contributed by atoms with Crippen LogP contribution in [0.4, 0.5) is 0 Å². The molecule has 0 amide bonds. The molecule has 3 N–H and O–H groups in total. The predicted octanol–water partition coefficient (Wildman–Crippen LogP) is 2.27. The highest BCUT2D eigenvalue weighted by Crippen LogP contribution is 2.07. The molecule has 22 heavy (non-hydrogen) atoms. The van der Waals surface area contributed by atoms with Gasteiger partial charge in [0.05, 0.1) is 6.10 Å². The first-order valence-corrected chi connectivity index (χ1v) is 7.41. The number of hydrogen-bond donors (Lipinski definition) is 3. The van der Waals surface area contributed by atoms with Crippen molar-refractivity contribution in [3.63, 3.8) is 0 Å². The van der Waals surface area contributed by atoms with Gasteiger partial charge in [0.25, 0.3) is 0 Å². The zero-order valence-electron chi connectivity index (χ0n) is 12.8. The summed E-state index contributed by atoms with van der Waals surface area (Å²) in [5.41, 5.74) is 0. The lowest BCUT2D eigenvalue weighted by molar-refractivity contribution is -0.130. The van der Waals surface area contributed by atoms with E-state index in [1.54, 1.807) is 6.08 Å². The van der Waals surface area contributed by atoms with Gasteiger partial charge in [-0.1, -0.05) is 55.4 Å². The summed E-state index contributed by atoms with van der Waals surface area (Å²) in [6.07, 6.45) is 9.07. The highest BCUT2D eigenvalue weighted by Gasteiger charge is 1.98. The van der Waals surface area contributed by atoms with Crippen LogP contribution in [0.3, 0.4) is 0 Å². The molecule has 4 heteroatoms. The quantitative estimate of drug-likeness (QED) is 0.347. The highest BCUT2D eigenvalue weighted by molar-refractivity contribution is 5.86. The van der Waals surface area contributed by atoms with E-state index in [0.717, 1.165) is 25.7 Å². The topological polar surface area (TPSA) is 77.8 Å². The number of aliphatic hydroxyl groups excluding tert-OH is 2. The fourth-order valence-electron chi connectivity index (χ4n) is 1.62. The molecule has 0 aliphatic rings. The average Bonchev–Trinajstić information content (AvgIpc) is 2.49. The summed E-state index contributed by atoms with van der Waals surface area (Å²) in [6, 6.07) is 0. The van der Waals surface area contributed by atoms with Crippen molar-refractivity contribution in [1.82, 2.24) is 0 Å². The van der Waals surface area contributed by atoms with Gasteiger partial charge in [-0.3, -0.25) is 0 Å². The summed E-state index contributed by atoms with van der Waals surface area (Å²) < 4.78 is 0. The van der Waals surface area contributed by atoms with Gasteiger partial charge >= 0.3 is 5.97 Å². The Morgan fingerprint density at radius 3 is 2.59 bits per heavy atom. The Balaban J connectivity index is 3.60. The first kappa shape index (κ1) is 20.0. The van der Waals surface area contributed by atoms with Crippen molar-refractivity contribution >= 4 is 5.97 Å². The molecule has 0 radical (unpaired) electrons. The van der Waals surface area contributed by atoms with Crippen molar-refractivity contribution in [2.75, 3.05) is 0 Å². The standard InChI is InChI=1S/C18H24O4/c1-2-16(19)12-8-6-7-10-14-17(20)13-9-4-3-5-11-15-18(21)22/h2,10,14,16-17,19-20H,1,3-7,9,13H2,(H,21,22)/t16-,17?/m0/s1. The number of hydrogen-bond acceptors (Lipinski definition) is 3. The van der Waals surface area contributed by atoms with E-state index in [4.69, 9.17) is 10.2 Å². The zero-order valence-corrected chi connectivity index (χ0v) is 12.8. The van der Waals surface area contributed by atoms with Gasteiger partial charge in [-0.15, -0.1) is 0 Å². The molecule has 0 heterocycles. The molecule has 0 spiro atoms. The maximum Gasteiger partial charge on any atom is 0.381 e. The summed E-state index contributed by atoms with van der Waals surface area (Å²) >= 11 is 0. The third kappa shape index (κ3) is 14.4. The Kier molecular flexibility index (Phi) is 12.7. The molecular weight excluding hydrogens is 280 g/mol. The summed E-state index contributed by atoms with van der Waals surface area (Å²) in [5.74, 6) is 9.02. The van der Waals surface area contributed by atoms with Gasteiger partial charge in [-0.05, 0) is 19.3 Å². The second-order valence-electron chi connectivity index (χ2n) is 4.74. The lowest BCUT2D eigenvalue weighted by Crippen LogP contribution is -2.01. The summed E-state index contributed by atoms with van der Waals surface area (Å²) in [5, 5.41) is 27.2. The molecule has 0 aliphatic carbocycles. The molecular formula is C18H24O4. The number of carbonyl (C=O) groups is 1. The van der Waals surface area contributed by atoms with E-state index in [9.17, 15) is 9.90 Å². The lowest BCUT2D eigenvalue weighted by Gasteiger charge is -2.04. The minimum atomic E-state index is -1.09. The van der Waals surface area contributed by atoms with Gasteiger partial charge < -0.3 is 15.3 Å². The maximum atomic E-state index is 10.2. The van der Waals surface area contributed by atoms with Crippen LogP contribution in [0.1, 0.15) is 44.9 Å². The Morgan fingerprint density at radius 1 is 1.14 bits per heavy atom. The Bertz CT molecular complexity index is 471. The smallest absolute Gasteiger partial charge is 0.381 e. The van der Waals surface area contributed by atoms with E-state index in [1.165, 1.54) is 6.08 Å². The van der Waals surface area contributed by atoms with Crippen molar-refractivity contribution in [3.8, 4) is 23.7 Å². The molecule has 120 valence electrons. The predicted molar refractivity (Wildman–Crippen MR) is 86.9 cm³/mol. The van der Waals surface area contributed by atoms with Crippen LogP contribution < -0.4 is 0 Å². The molecule has 0 aromatic rings. The van der Waals surface area contributed by atoms with Gasteiger partial charge in [-0.2, -0.15) is 0 Å². The normalized spacial score (nSPS) is 12.6. The van der Waals surface area contributed by atoms with Crippen LogP contribution in [0.2, 0.25) is 0 Å². The maximum absolute atomic E-state index is 10.2. The van der Waals surface area contributed by atoms with Crippen molar-refractivity contribution in [2.45, 2.75) is 57.2 Å². The van der Waals surface area contributed by atoms with Crippen LogP contribution in [-0.4, -0.2) is 33.5 Å². The van der Waals surface area contributed by atoms with Gasteiger partial charge in [0.2, 0.25) is 0 Å². The fraction of sp³-hybridized carbons (Fsp3) is 0.500. The minimum absolute atomic E-state index is 0.461. The molecule has 0 saturated carbocycles. The number of allylic oxidation sites excluding steroid dienone is 1. The first-order chi connectivity index (χ1) is 10.6. The molecule has 0 bridgehead atoms. The third-order valence-electron chi connectivity index (χ3n) is 2.76. The van der Waals surface area contributed by atoms with E-state index in [0.29, 0.717) is 19.3 Å². The molecule has 4 nitrogen and oxygen atoms in total. The van der Waals surface area contributed by atoms with Crippen molar-refractivity contribution in [1.29, 1.82) is 0 Å². The molecule has 0 fully saturated rings. The van der Waals surface area contributed by atoms with Crippen LogP contribution in [0.25, 0.3) is 0 Å². The molecule has 0 saturated heterocycles. The lowest BCUT2D eigenvalue weighted by atomic mass is 10.1. The van der Waals surface area contributed by atoms with E-state index < -0.39 is 18.2 Å². The second-order valence-corrected chi connectivity index (χ2v) is 4.74. The first-order valence-electron chi connectivity index (χ1n) is 7.41. The Morgan fingerprint density at radius 2 is 1.91 bits per heavy atom. The Labute approximate surface area is 132 Å². The van der Waals surface area contributed by atoms with Gasteiger partial charge in [0.15, 0.2) is 0 Å². The SMILES string of the molecule is C=C[C@H](O)C#CCCC=CC(O)CCCCCC#CC(=O)O. The number of unbranched alkanes of at least 4 members (excludes halogenated alkanes) is 4. The highest BCUT2D eigenvalue weighted by atomic mass is 16.4. The van der Waals surface area contributed by atoms with E-state index in [1.807, 2.05) is 6.08 Å². The Hall–Kier alpha value is -2.01. The monoisotopic (exact) mass is 304 g/mol. The number of carboxylic acids is 1. The molecule has 0 aromatic carbocycles. The number of carboxylic acid groups (broad SMARTS) is 1. The fourth-order valence-corrected chi connectivity index (χ4v) is 1.62. The van der Waals surface area contributed by atoms with Crippen LogP contribution in [0.5, 0.6) is 0 Å². The van der Waals surface area contributed by atoms with E-state index in [-0.39, 0.29) is 0 Å². The van der Waals surface area contributed by atoms with Crippen LogP contribution in [-0.2, 0) is 4.79 Å².